The highest BCUT2D eigenvalue weighted by Gasteiger charge is 2.28. The number of fused-ring (bicyclic) bond motifs is 1. The molecule has 0 saturated carbocycles. The number of likely N-dealkylation sites (N-methyl/N-ethyl adjacent to an activating group) is 1. The second kappa shape index (κ2) is 14.6. The first-order valence-electron chi connectivity index (χ1n) is 15.9. The van der Waals surface area contributed by atoms with Gasteiger partial charge in [0.05, 0.1) is 23.2 Å². The van der Waals surface area contributed by atoms with Crippen LogP contribution in [0.1, 0.15) is 30.9 Å². The molecular formula is C33H43N11OS. The van der Waals surface area contributed by atoms with Gasteiger partial charge in [0.1, 0.15) is 22.8 Å². The van der Waals surface area contributed by atoms with Gasteiger partial charge in [-0.15, -0.1) is 0 Å². The second-order valence-electron chi connectivity index (χ2n) is 11.6. The van der Waals surface area contributed by atoms with E-state index in [2.05, 4.69) is 71.6 Å². The van der Waals surface area contributed by atoms with Crippen LogP contribution in [0.3, 0.4) is 0 Å². The Morgan fingerprint density at radius 3 is 2.50 bits per heavy atom. The Bertz CT molecular complexity index is 1670. The highest BCUT2D eigenvalue weighted by Crippen LogP contribution is 2.36. The fraction of sp³-hybridized carbons (Fsp3) is 0.424. The molecule has 0 aliphatic carbocycles. The Labute approximate surface area is 275 Å². The maximum Gasteiger partial charge on any atom is 0.239 e. The molecule has 3 N–H and O–H groups in total. The number of methoxy groups -OCH3 is 1. The van der Waals surface area contributed by atoms with E-state index in [1.807, 2.05) is 19.2 Å². The molecule has 2 saturated heterocycles. The van der Waals surface area contributed by atoms with Crippen molar-refractivity contribution < 1.29 is 4.74 Å². The van der Waals surface area contributed by atoms with Crippen LogP contribution in [-0.2, 0) is 6.42 Å². The van der Waals surface area contributed by atoms with Gasteiger partial charge < -0.3 is 25.2 Å². The van der Waals surface area contributed by atoms with Crippen LogP contribution in [0.25, 0.3) is 17.1 Å². The molecular weight excluding hydrogens is 599 g/mol. The van der Waals surface area contributed by atoms with Crippen LogP contribution in [0, 0.1) is 0 Å². The molecule has 12 nitrogen and oxygen atoms in total. The van der Waals surface area contributed by atoms with Crippen LogP contribution < -0.4 is 25.0 Å². The molecule has 2 aliphatic rings. The van der Waals surface area contributed by atoms with E-state index in [0.717, 1.165) is 103 Å². The van der Waals surface area contributed by atoms with Gasteiger partial charge in [-0.05, 0) is 69.1 Å². The molecule has 0 radical (unpaired) electrons. The third-order valence-corrected chi connectivity index (χ3v) is 9.59. The Morgan fingerprint density at radius 2 is 1.78 bits per heavy atom. The Kier molecular flexibility index (Phi) is 10.1. The fourth-order valence-corrected chi connectivity index (χ4v) is 6.89. The quantitative estimate of drug-likeness (QED) is 0.192. The number of pyridine rings is 1. The number of piperidine rings is 1. The Hall–Kier alpha value is -4.04. The number of hydrogen-bond donors (Lipinski definition) is 3. The normalized spacial score (nSPS) is 16.5. The molecule has 0 spiro atoms. The van der Waals surface area contributed by atoms with Gasteiger partial charge >= 0.3 is 0 Å². The van der Waals surface area contributed by atoms with E-state index < -0.39 is 0 Å². The van der Waals surface area contributed by atoms with Crippen molar-refractivity contribution in [1.29, 1.82) is 0 Å². The molecule has 0 unspecified atom stereocenters. The van der Waals surface area contributed by atoms with E-state index in [-0.39, 0.29) is 0 Å². The summed E-state index contributed by atoms with van der Waals surface area (Å²) in [4.78, 5) is 31.9. The number of hydrogen-bond acceptors (Lipinski definition) is 13. The molecule has 2 fully saturated rings. The van der Waals surface area contributed by atoms with Crippen molar-refractivity contribution in [3.8, 4) is 5.88 Å². The fourth-order valence-electron chi connectivity index (χ4n) is 6.20. The minimum atomic E-state index is 0.416. The molecule has 2 aliphatic heterocycles. The van der Waals surface area contributed by atoms with E-state index in [4.69, 9.17) is 14.7 Å². The van der Waals surface area contributed by atoms with Crippen LogP contribution in [0.15, 0.2) is 48.3 Å². The zero-order valence-electron chi connectivity index (χ0n) is 27.1. The van der Waals surface area contributed by atoms with Crippen molar-refractivity contribution in [1.82, 2.24) is 39.4 Å². The summed E-state index contributed by atoms with van der Waals surface area (Å²) in [6.07, 6.45) is 10.0. The van der Waals surface area contributed by atoms with Gasteiger partial charge in [0.2, 0.25) is 11.8 Å². The van der Waals surface area contributed by atoms with Crippen molar-refractivity contribution in [2.75, 3.05) is 76.0 Å². The van der Waals surface area contributed by atoms with Crippen LogP contribution in [-0.4, -0.2) is 101 Å². The average Bonchev–Trinajstić information content (AvgIpc) is 3.09. The molecule has 1 aromatic carbocycles. The predicted octanol–water partition coefficient (Wildman–Crippen LogP) is 4.96. The van der Waals surface area contributed by atoms with E-state index in [1.165, 1.54) is 11.9 Å². The van der Waals surface area contributed by atoms with Gasteiger partial charge in [-0.2, -0.15) is 9.97 Å². The number of nitrogens with zero attached hydrogens (tertiary/aromatic N) is 8. The van der Waals surface area contributed by atoms with Crippen LogP contribution in [0.5, 0.6) is 5.88 Å². The maximum absolute atomic E-state index is 5.81. The van der Waals surface area contributed by atoms with Gasteiger partial charge in [0.25, 0.3) is 0 Å². The summed E-state index contributed by atoms with van der Waals surface area (Å²) in [6.45, 7) is 12.7. The topological polar surface area (TPSA) is 119 Å². The second-order valence-corrected chi connectivity index (χ2v) is 12.6. The van der Waals surface area contributed by atoms with E-state index in [9.17, 15) is 0 Å². The molecule has 13 heteroatoms. The number of rotatable bonds is 11. The van der Waals surface area contributed by atoms with Crippen molar-refractivity contribution >= 4 is 58.0 Å². The average molecular weight is 642 g/mol. The third-order valence-electron chi connectivity index (χ3n) is 8.77. The number of piperazine rings is 1. The van der Waals surface area contributed by atoms with Crippen molar-refractivity contribution in [2.45, 2.75) is 37.1 Å². The minimum Gasteiger partial charge on any atom is -0.479 e. The molecule has 0 atom stereocenters. The van der Waals surface area contributed by atoms with Gasteiger partial charge in [-0.3, -0.25) is 19.6 Å². The summed E-state index contributed by atoms with van der Waals surface area (Å²) in [7, 11) is 5.74. The SMILES string of the molecule is C=Cc1cnc(Nc2cc(CC)c(N3CCC(N4CCN(C)CC4)CC3)nc2OC)nc1Nc1ccc2nccnc2c1SNC. The number of ether oxygens (including phenoxy) is 1. The first-order valence-corrected chi connectivity index (χ1v) is 16.7. The lowest BCUT2D eigenvalue weighted by Gasteiger charge is -2.42. The number of aryl methyl sites for hydroxylation is 1. The molecule has 4 aromatic rings. The number of benzene rings is 1. The van der Waals surface area contributed by atoms with E-state index in [0.29, 0.717) is 23.7 Å². The monoisotopic (exact) mass is 641 g/mol. The summed E-state index contributed by atoms with van der Waals surface area (Å²) in [5, 5.41) is 6.85. The highest BCUT2D eigenvalue weighted by atomic mass is 32.2. The summed E-state index contributed by atoms with van der Waals surface area (Å²) >= 11 is 1.47. The summed E-state index contributed by atoms with van der Waals surface area (Å²) < 4.78 is 8.97. The third kappa shape index (κ3) is 6.87. The Morgan fingerprint density at radius 1 is 1.00 bits per heavy atom. The zero-order valence-corrected chi connectivity index (χ0v) is 27.9. The van der Waals surface area contributed by atoms with Crippen molar-refractivity contribution in [3.05, 3.63) is 54.5 Å². The first kappa shape index (κ1) is 31.9. The lowest BCUT2D eigenvalue weighted by molar-refractivity contribution is 0.0981. The molecule has 0 bridgehead atoms. The molecule has 46 heavy (non-hydrogen) atoms. The van der Waals surface area contributed by atoms with Gasteiger partial charge in [-0.25, -0.2) is 4.98 Å². The summed E-state index contributed by atoms with van der Waals surface area (Å²) in [5.41, 5.74) is 5.10. The van der Waals surface area contributed by atoms with Crippen LogP contribution in [0.4, 0.5) is 29.0 Å². The maximum atomic E-state index is 5.81. The van der Waals surface area contributed by atoms with Gasteiger partial charge in [0, 0.05) is 69.5 Å². The smallest absolute Gasteiger partial charge is 0.239 e. The Balaban J connectivity index is 1.23. The number of aromatic nitrogens is 5. The summed E-state index contributed by atoms with van der Waals surface area (Å²) in [5.74, 6) is 2.54. The van der Waals surface area contributed by atoms with Crippen molar-refractivity contribution in [2.24, 2.45) is 0 Å². The first-order chi connectivity index (χ1) is 22.5. The molecule has 6 rings (SSSR count). The number of nitrogens with one attached hydrogen (secondary N) is 3. The molecule has 242 valence electrons. The lowest BCUT2D eigenvalue weighted by Crippen LogP contribution is -2.52. The largest absolute Gasteiger partial charge is 0.479 e. The predicted molar refractivity (Wildman–Crippen MR) is 188 cm³/mol. The standard InChI is InChI=1S/C33H43N11OS/c1-6-22-20-27(32(45-5)41-31(22)44-14-10-24(11-15-44)43-18-16-42(4)17-19-43)39-33-37-21-23(7-2)30(40-33)38-26-9-8-25-28(29(26)46-34-3)36-13-12-35-25/h7-9,12-13,20-21,24,34H,2,6,10-11,14-19H2,1,3-5H3,(H2,37,38,39,40). The lowest BCUT2D eigenvalue weighted by atomic mass is 10.0. The highest BCUT2D eigenvalue weighted by molar-refractivity contribution is 7.97. The van der Waals surface area contributed by atoms with Crippen LogP contribution in [0.2, 0.25) is 0 Å². The van der Waals surface area contributed by atoms with Gasteiger partial charge in [-0.1, -0.05) is 19.6 Å². The molecule has 3 aromatic heterocycles. The molecule has 5 heterocycles. The van der Waals surface area contributed by atoms with Gasteiger partial charge in [0.15, 0.2) is 0 Å². The minimum absolute atomic E-state index is 0.416. The van der Waals surface area contributed by atoms with Crippen LogP contribution >= 0.6 is 11.9 Å². The van der Waals surface area contributed by atoms with E-state index >= 15 is 0 Å². The van der Waals surface area contributed by atoms with E-state index in [1.54, 1.807) is 31.8 Å². The molecule has 0 amide bonds. The number of anilines is 5. The summed E-state index contributed by atoms with van der Waals surface area (Å²) in [6, 6.07) is 6.69. The van der Waals surface area contributed by atoms with Crippen molar-refractivity contribution in [3.63, 3.8) is 0 Å². The zero-order chi connectivity index (χ0) is 32.0.